The molecule has 1 atom stereocenters. The molecule has 0 spiro atoms. The van der Waals surface area contributed by atoms with Gasteiger partial charge in [-0.1, -0.05) is 13.8 Å². The van der Waals surface area contributed by atoms with E-state index in [2.05, 4.69) is 66.9 Å². The van der Waals surface area contributed by atoms with Gasteiger partial charge in [0.25, 0.3) is 0 Å². The lowest BCUT2D eigenvalue weighted by molar-refractivity contribution is 0.408. The second kappa shape index (κ2) is 6.92. The van der Waals surface area contributed by atoms with Crippen LogP contribution in [0.5, 0.6) is 0 Å². The molecule has 0 aromatic carbocycles. The molecule has 0 aliphatic carbocycles. The van der Waals surface area contributed by atoms with Crippen LogP contribution in [-0.4, -0.2) is 22.3 Å². The van der Waals surface area contributed by atoms with Crippen molar-refractivity contribution in [3.05, 3.63) is 22.8 Å². The smallest absolute Gasteiger partial charge is 0.0963 e. The maximum absolute atomic E-state index is 4.43. The van der Waals surface area contributed by atoms with E-state index < -0.39 is 0 Å². The highest BCUT2D eigenvalue weighted by molar-refractivity contribution is 9.10. The van der Waals surface area contributed by atoms with E-state index in [-0.39, 0.29) is 5.54 Å². The van der Waals surface area contributed by atoms with Gasteiger partial charge in [-0.15, -0.1) is 11.8 Å². The second-order valence-electron chi connectivity index (χ2n) is 5.85. The van der Waals surface area contributed by atoms with Crippen LogP contribution in [0.4, 0.5) is 0 Å². The van der Waals surface area contributed by atoms with Gasteiger partial charge in [-0.05, 0) is 54.8 Å². The largest absolute Gasteiger partial charge is 0.311 e. The maximum Gasteiger partial charge on any atom is 0.0963 e. The summed E-state index contributed by atoms with van der Waals surface area (Å²) in [4.78, 5) is 4.43. The molecule has 0 bridgehead atoms. The fraction of sp³-hybridized carbons (Fsp3) is 0.643. The van der Waals surface area contributed by atoms with Crippen LogP contribution < -0.4 is 5.32 Å². The van der Waals surface area contributed by atoms with Gasteiger partial charge in [0.1, 0.15) is 0 Å². The number of aromatic nitrogens is 1. The van der Waals surface area contributed by atoms with Crippen LogP contribution in [0.2, 0.25) is 0 Å². The highest BCUT2D eigenvalue weighted by atomic mass is 79.9. The van der Waals surface area contributed by atoms with Gasteiger partial charge in [-0.2, -0.15) is 0 Å². The number of rotatable bonds is 5. The molecular weight excluding hydrogens is 308 g/mol. The van der Waals surface area contributed by atoms with Crippen molar-refractivity contribution in [1.82, 2.24) is 10.3 Å². The van der Waals surface area contributed by atoms with Crippen LogP contribution in [0.3, 0.4) is 0 Å². The van der Waals surface area contributed by atoms with E-state index in [1.54, 1.807) is 0 Å². The zero-order valence-corrected chi connectivity index (χ0v) is 14.2. The monoisotopic (exact) mass is 330 g/mol. The van der Waals surface area contributed by atoms with Gasteiger partial charge in [-0.25, -0.2) is 4.98 Å². The first-order chi connectivity index (χ1) is 8.28. The molecule has 1 aromatic heterocycles. The van der Waals surface area contributed by atoms with E-state index in [1.165, 1.54) is 0 Å². The van der Waals surface area contributed by atoms with Gasteiger partial charge in [0.05, 0.1) is 5.03 Å². The Kier molecular flexibility index (Phi) is 6.15. The maximum atomic E-state index is 4.43. The third kappa shape index (κ3) is 6.21. The van der Waals surface area contributed by atoms with Crippen LogP contribution in [0.25, 0.3) is 0 Å². The summed E-state index contributed by atoms with van der Waals surface area (Å²) in [5, 5.41) is 5.21. The minimum absolute atomic E-state index is 0.168. The molecule has 1 rings (SSSR count). The van der Waals surface area contributed by atoms with Gasteiger partial charge in [-0.3, -0.25) is 0 Å². The molecular formula is C14H23BrN2S. The summed E-state index contributed by atoms with van der Waals surface area (Å²) in [5.74, 6) is 0.621. The van der Waals surface area contributed by atoms with Crippen LogP contribution in [-0.2, 0) is 0 Å². The van der Waals surface area contributed by atoms with Crippen molar-refractivity contribution in [1.29, 1.82) is 0 Å². The molecule has 2 nitrogen and oxygen atoms in total. The molecule has 1 N–H and O–H groups in total. The van der Waals surface area contributed by atoms with Crippen molar-refractivity contribution in [2.75, 3.05) is 6.54 Å². The number of pyridine rings is 1. The standard InChI is InChI=1S/C14H23BrN2S/c1-10(2)12(9-17-14(3,4)5)18-13-7-6-11(15)8-16-13/h6-8,10,12,17H,9H2,1-5H3. The molecule has 1 unspecified atom stereocenters. The lowest BCUT2D eigenvalue weighted by Gasteiger charge is -2.27. The molecule has 102 valence electrons. The molecule has 0 saturated carbocycles. The first-order valence-corrected chi connectivity index (χ1v) is 7.98. The van der Waals surface area contributed by atoms with Crippen molar-refractivity contribution >= 4 is 27.7 Å². The van der Waals surface area contributed by atoms with Crippen LogP contribution in [0.1, 0.15) is 34.6 Å². The van der Waals surface area contributed by atoms with E-state index in [9.17, 15) is 0 Å². The minimum atomic E-state index is 0.168. The average molecular weight is 331 g/mol. The summed E-state index contributed by atoms with van der Waals surface area (Å²) in [7, 11) is 0. The number of hydrogen-bond donors (Lipinski definition) is 1. The Balaban J connectivity index is 2.60. The SMILES string of the molecule is CC(C)C(CNC(C)(C)C)Sc1ccc(Br)cn1. The van der Waals surface area contributed by atoms with E-state index in [0.29, 0.717) is 11.2 Å². The van der Waals surface area contributed by atoms with Crippen LogP contribution in [0.15, 0.2) is 27.8 Å². The normalized spacial score (nSPS) is 13.9. The number of nitrogens with zero attached hydrogens (tertiary/aromatic N) is 1. The summed E-state index contributed by atoms with van der Waals surface area (Å²) in [6.07, 6.45) is 1.86. The van der Waals surface area contributed by atoms with Crippen molar-refractivity contribution in [2.24, 2.45) is 5.92 Å². The molecule has 1 aromatic rings. The van der Waals surface area contributed by atoms with Gasteiger partial charge in [0.15, 0.2) is 0 Å². The van der Waals surface area contributed by atoms with Gasteiger partial charge in [0.2, 0.25) is 0 Å². The molecule has 0 radical (unpaired) electrons. The summed E-state index contributed by atoms with van der Waals surface area (Å²) in [5.41, 5.74) is 0.168. The van der Waals surface area contributed by atoms with Gasteiger partial charge < -0.3 is 5.32 Å². The lowest BCUT2D eigenvalue weighted by Crippen LogP contribution is -2.41. The predicted octanol–water partition coefficient (Wildman–Crippen LogP) is 4.35. The highest BCUT2D eigenvalue weighted by Gasteiger charge is 2.18. The fourth-order valence-corrected chi connectivity index (χ4v) is 2.65. The molecule has 0 aliphatic rings. The van der Waals surface area contributed by atoms with E-state index >= 15 is 0 Å². The van der Waals surface area contributed by atoms with E-state index in [4.69, 9.17) is 0 Å². The van der Waals surface area contributed by atoms with E-state index in [1.807, 2.05) is 24.0 Å². The third-order valence-electron chi connectivity index (χ3n) is 2.55. The Bertz CT molecular complexity index is 357. The van der Waals surface area contributed by atoms with Crippen LogP contribution >= 0.6 is 27.7 Å². The Labute approximate surface area is 123 Å². The van der Waals surface area contributed by atoms with Gasteiger partial charge in [0, 0.05) is 28.0 Å². The molecule has 0 fully saturated rings. The molecule has 18 heavy (non-hydrogen) atoms. The minimum Gasteiger partial charge on any atom is -0.311 e. The summed E-state index contributed by atoms with van der Waals surface area (Å²) >= 11 is 5.27. The predicted molar refractivity (Wildman–Crippen MR) is 84.2 cm³/mol. The van der Waals surface area contributed by atoms with Crippen molar-refractivity contribution in [3.63, 3.8) is 0 Å². The number of hydrogen-bond acceptors (Lipinski definition) is 3. The third-order valence-corrected chi connectivity index (χ3v) is 4.52. The average Bonchev–Trinajstić information content (AvgIpc) is 2.25. The van der Waals surface area contributed by atoms with E-state index in [0.717, 1.165) is 16.0 Å². The zero-order valence-electron chi connectivity index (χ0n) is 11.8. The topological polar surface area (TPSA) is 24.9 Å². The number of halogens is 1. The quantitative estimate of drug-likeness (QED) is 0.812. The highest BCUT2D eigenvalue weighted by Crippen LogP contribution is 2.27. The van der Waals surface area contributed by atoms with Crippen LogP contribution in [0, 0.1) is 5.92 Å². The summed E-state index contributed by atoms with van der Waals surface area (Å²) in [6, 6.07) is 4.12. The second-order valence-corrected chi connectivity index (χ2v) is 8.02. The molecule has 1 heterocycles. The van der Waals surface area contributed by atoms with Gasteiger partial charge >= 0.3 is 0 Å². The van der Waals surface area contributed by atoms with Crippen molar-refractivity contribution in [2.45, 2.75) is 50.4 Å². The Morgan fingerprint density at radius 2 is 2.00 bits per heavy atom. The Morgan fingerprint density at radius 1 is 1.33 bits per heavy atom. The lowest BCUT2D eigenvalue weighted by atomic mass is 10.1. The molecule has 4 heteroatoms. The summed E-state index contributed by atoms with van der Waals surface area (Å²) in [6.45, 7) is 12.1. The summed E-state index contributed by atoms with van der Waals surface area (Å²) < 4.78 is 1.03. The van der Waals surface area contributed by atoms with Crippen molar-refractivity contribution in [3.8, 4) is 0 Å². The molecule has 0 aliphatic heterocycles. The Morgan fingerprint density at radius 3 is 2.44 bits per heavy atom. The Hall–Kier alpha value is -0.0600. The number of nitrogens with one attached hydrogen (secondary N) is 1. The first kappa shape index (κ1) is 16.0. The number of thioether (sulfide) groups is 1. The fourth-order valence-electron chi connectivity index (χ4n) is 1.41. The molecule has 0 amide bonds. The van der Waals surface area contributed by atoms with Crippen molar-refractivity contribution < 1.29 is 0 Å². The molecule has 0 saturated heterocycles. The first-order valence-electron chi connectivity index (χ1n) is 6.31. The zero-order chi connectivity index (χ0) is 13.8.